The first kappa shape index (κ1) is 16.0. The molecule has 0 saturated carbocycles. The Morgan fingerprint density at radius 2 is 1.90 bits per heavy atom. The van der Waals surface area contributed by atoms with Gasteiger partial charge in [-0.15, -0.1) is 0 Å². The summed E-state index contributed by atoms with van der Waals surface area (Å²) in [5.74, 6) is -0.0487. The topological polar surface area (TPSA) is 62.5 Å². The normalized spacial score (nSPS) is 12.7. The molecule has 0 aliphatic carbocycles. The van der Waals surface area contributed by atoms with Crippen molar-refractivity contribution >= 4 is 32.8 Å². The molecule has 0 saturated heterocycles. The summed E-state index contributed by atoms with van der Waals surface area (Å²) in [6, 6.07) is 5.62. The van der Waals surface area contributed by atoms with E-state index >= 15 is 0 Å². The number of nitrogens with one attached hydrogen (secondary N) is 1. The van der Waals surface area contributed by atoms with Gasteiger partial charge in [0.1, 0.15) is 5.58 Å². The molecule has 5 heteroatoms. The number of carbonyl (C=O) groups is 1. The van der Waals surface area contributed by atoms with Crippen molar-refractivity contribution in [2.45, 2.75) is 45.8 Å². The van der Waals surface area contributed by atoms with Gasteiger partial charge in [0.2, 0.25) is 0 Å². The van der Waals surface area contributed by atoms with E-state index in [1.165, 1.54) is 0 Å². The molecule has 0 spiro atoms. The molecule has 0 aliphatic heterocycles. The lowest BCUT2D eigenvalue weighted by Crippen LogP contribution is -2.57. The van der Waals surface area contributed by atoms with Crippen LogP contribution in [0.2, 0.25) is 0 Å². The molecular formula is C16H20BrNO3. The lowest BCUT2D eigenvalue weighted by atomic mass is 9.86. The third kappa shape index (κ3) is 2.99. The Kier molecular flexibility index (Phi) is 3.93. The Labute approximate surface area is 132 Å². The number of amides is 1. The molecule has 1 amide bonds. The van der Waals surface area contributed by atoms with Crippen LogP contribution < -0.4 is 5.32 Å². The number of fused-ring (bicyclic) bond motifs is 1. The molecule has 2 rings (SSSR count). The summed E-state index contributed by atoms with van der Waals surface area (Å²) < 4.78 is 6.59. The largest absolute Gasteiger partial charge is 0.451 e. The van der Waals surface area contributed by atoms with Gasteiger partial charge in [0.25, 0.3) is 5.91 Å². The zero-order chi connectivity index (χ0) is 16.0. The average Bonchev–Trinajstić information content (AvgIpc) is 2.65. The number of carbonyl (C=O) groups excluding carboxylic acids is 1. The van der Waals surface area contributed by atoms with Gasteiger partial charge < -0.3 is 14.8 Å². The molecule has 0 aliphatic rings. The van der Waals surface area contributed by atoms with E-state index in [-0.39, 0.29) is 11.7 Å². The van der Waals surface area contributed by atoms with Crippen molar-refractivity contribution in [3.63, 3.8) is 0 Å². The number of benzene rings is 1. The maximum Gasteiger partial charge on any atom is 0.287 e. The van der Waals surface area contributed by atoms with Crippen molar-refractivity contribution in [2.75, 3.05) is 0 Å². The summed E-state index contributed by atoms with van der Waals surface area (Å²) in [6.45, 7) is 8.73. The van der Waals surface area contributed by atoms with Crippen molar-refractivity contribution in [1.29, 1.82) is 0 Å². The molecule has 2 aromatic rings. The fourth-order valence-corrected chi connectivity index (χ4v) is 2.26. The van der Waals surface area contributed by atoms with Crippen molar-refractivity contribution in [3.05, 3.63) is 34.0 Å². The number of furan rings is 1. The van der Waals surface area contributed by atoms with E-state index in [9.17, 15) is 9.90 Å². The molecule has 1 aromatic carbocycles. The van der Waals surface area contributed by atoms with Crippen LogP contribution in [0, 0.1) is 6.92 Å². The minimum absolute atomic E-state index is 0.278. The van der Waals surface area contributed by atoms with Crippen molar-refractivity contribution in [2.24, 2.45) is 0 Å². The second kappa shape index (κ2) is 5.14. The summed E-state index contributed by atoms with van der Waals surface area (Å²) in [7, 11) is 0. The molecule has 1 aromatic heterocycles. The number of hydrogen-bond donors (Lipinski definition) is 2. The molecule has 0 atom stereocenters. The lowest BCUT2D eigenvalue weighted by Gasteiger charge is -2.37. The van der Waals surface area contributed by atoms with Gasteiger partial charge in [0.15, 0.2) is 5.76 Å². The van der Waals surface area contributed by atoms with Crippen LogP contribution in [-0.2, 0) is 0 Å². The highest BCUT2D eigenvalue weighted by Gasteiger charge is 2.37. The van der Waals surface area contributed by atoms with Gasteiger partial charge in [-0.05, 0) is 52.8 Å². The van der Waals surface area contributed by atoms with Gasteiger partial charge in [0, 0.05) is 15.4 Å². The highest BCUT2D eigenvalue weighted by molar-refractivity contribution is 9.10. The minimum atomic E-state index is -1.05. The fourth-order valence-electron chi connectivity index (χ4n) is 1.90. The molecule has 0 unspecified atom stereocenters. The van der Waals surface area contributed by atoms with Crippen LogP contribution in [0.4, 0.5) is 0 Å². The molecular weight excluding hydrogens is 334 g/mol. The van der Waals surface area contributed by atoms with Crippen molar-refractivity contribution in [1.82, 2.24) is 5.32 Å². The third-order valence-electron chi connectivity index (χ3n) is 4.06. The molecule has 2 N–H and O–H groups in total. The summed E-state index contributed by atoms with van der Waals surface area (Å²) >= 11 is 3.41. The van der Waals surface area contributed by atoms with Gasteiger partial charge in [-0.1, -0.05) is 15.9 Å². The van der Waals surface area contributed by atoms with E-state index in [4.69, 9.17) is 4.42 Å². The van der Waals surface area contributed by atoms with Crippen molar-refractivity contribution in [3.8, 4) is 0 Å². The predicted octanol–water partition coefficient (Wildman–Crippen LogP) is 3.78. The van der Waals surface area contributed by atoms with Gasteiger partial charge in [-0.3, -0.25) is 4.79 Å². The van der Waals surface area contributed by atoms with E-state index in [1.54, 1.807) is 27.7 Å². The van der Waals surface area contributed by atoms with Crippen LogP contribution >= 0.6 is 15.9 Å². The zero-order valence-corrected chi connectivity index (χ0v) is 14.5. The summed E-state index contributed by atoms with van der Waals surface area (Å²) in [5, 5.41) is 13.9. The minimum Gasteiger partial charge on any atom is -0.451 e. The van der Waals surface area contributed by atoms with Gasteiger partial charge >= 0.3 is 0 Å². The fraction of sp³-hybridized carbons (Fsp3) is 0.438. The van der Waals surface area contributed by atoms with Gasteiger partial charge in [0.05, 0.1) is 11.1 Å². The quantitative estimate of drug-likeness (QED) is 0.882. The van der Waals surface area contributed by atoms with E-state index in [0.717, 1.165) is 15.4 Å². The zero-order valence-electron chi connectivity index (χ0n) is 12.9. The first-order valence-corrected chi connectivity index (χ1v) is 7.56. The first-order valence-electron chi connectivity index (χ1n) is 6.76. The van der Waals surface area contributed by atoms with Crippen LogP contribution in [0.1, 0.15) is 43.8 Å². The number of aliphatic hydroxyl groups is 1. The van der Waals surface area contributed by atoms with Gasteiger partial charge in [-0.2, -0.15) is 0 Å². The summed E-state index contributed by atoms with van der Waals surface area (Å²) in [4.78, 5) is 12.5. The van der Waals surface area contributed by atoms with Gasteiger partial charge in [-0.25, -0.2) is 0 Å². The molecule has 0 bridgehead atoms. The van der Waals surface area contributed by atoms with E-state index in [0.29, 0.717) is 5.58 Å². The Morgan fingerprint density at radius 1 is 1.29 bits per heavy atom. The van der Waals surface area contributed by atoms with Crippen LogP contribution in [0.15, 0.2) is 27.1 Å². The molecule has 0 fully saturated rings. The Balaban J connectivity index is 2.39. The monoisotopic (exact) mass is 353 g/mol. The third-order valence-corrected chi connectivity index (χ3v) is 4.55. The number of rotatable bonds is 3. The van der Waals surface area contributed by atoms with Crippen LogP contribution in [0.3, 0.4) is 0 Å². The van der Waals surface area contributed by atoms with Crippen LogP contribution in [-0.4, -0.2) is 22.2 Å². The van der Waals surface area contributed by atoms with E-state index < -0.39 is 11.1 Å². The van der Waals surface area contributed by atoms with Crippen LogP contribution in [0.25, 0.3) is 11.0 Å². The summed E-state index contributed by atoms with van der Waals surface area (Å²) in [6.07, 6.45) is 0. The molecule has 0 radical (unpaired) electrons. The number of halogens is 1. The van der Waals surface area contributed by atoms with E-state index in [2.05, 4.69) is 21.2 Å². The number of hydrogen-bond acceptors (Lipinski definition) is 3. The summed E-state index contributed by atoms with van der Waals surface area (Å²) in [5.41, 5.74) is -0.376. The maximum atomic E-state index is 12.5. The highest BCUT2D eigenvalue weighted by atomic mass is 79.9. The SMILES string of the molecule is Cc1c(C(=O)NC(C)(C)C(C)(C)O)oc2ccc(Br)cc12. The second-order valence-corrected chi connectivity index (χ2v) is 7.25. The Morgan fingerprint density at radius 3 is 2.48 bits per heavy atom. The number of aryl methyl sites for hydroxylation is 1. The van der Waals surface area contributed by atoms with Crippen LogP contribution in [0.5, 0.6) is 0 Å². The Bertz CT molecular complexity index is 695. The average molecular weight is 354 g/mol. The maximum absolute atomic E-state index is 12.5. The lowest BCUT2D eigenvalue weighted by molar-refractivity contribution is -0.00339. The van der Waals surface area contributed by atoms with E-state index in [1.807, 2.05) is 25.1 Å². The first-order chi connectivity index (χ1) is 9.53. The molecule has 4 nitrogen and oxygen atoms in total. The highest BCUT2D eigenvalue weighted by Crippen LogP contribution is 2.29. The second-order valence-electron chi connectivity index (χ2n) is 6.33. The standard InChI is InChI=1S/C16H20BrNO3/c1-9-11-8-10(17)6-7-12(11)21-13(9)14(19)18-15(2,3)16(4,5)20/h6-8,20H,1-5H3,(H,18,19). The Hall–Kier alpha value is -1.33. The molecule has 1 heterocycles. The molecule has 21 heavy (non-hydrogen) atoms. The smallest absolute Gasteiger partial charge is 0.287 e. The predicted molar refractivity (Wildman–Crippen MR) is 86.5 cm³/mol. The molecule has 114 valence electrons. The van der Waals surface area contributed by atoms with Crippen molar-refractivity contribution < 1.29 is 14.3 Å².